The molecule has 0 spiro atoms. The number of rotatable bonds is 2. The zero-order chi connectivity index (χ0) is 12.3. The van der Waals surface area contributed by atoms with Gasteiger partial charge in [0.15, 0.2) is 0 Å². The van der Waals surface area contributed by atoms with Crippen molar-refractivity contribution in [1.82, 2.24) is 5.32 Å². The van der Waals surface area contributed by atoms with E-state index in [0.717, 1.165) is 25.7 Å². The van der Waals surface area contributed by atoms with Gasteiger partial charge in [-0.25, -0.2) is 4.39 Å². The Morgan fingerprint density at radius 2 is 1.88 bits per heavy atom. The third-order valence-electron chi connectivity index (χ3n) is 3.24. The van der Waals surface area contributed by atoms with Crippen molar-refractivity contribution in [2.45, 2.75) is 37.8 Å². The molecule has 0 aliphatic heterocycles. The Bertz CT molecular complexity index is 391. The van der Waals surface area contributed by atoms with Crippen molar-refractivity contribution in [3.63, 3.8) is 0 Å². The van der Waals surface area contributed by atoms with Crippen LogP contribution in [-0.2, 0) is 0 Å². The van der Waals surface area contributed by atoms with Crippen LogP contribution >= 0.6 is 0 Å². The fourth-order valence-corrected chi connectivity index (χ4v) is 2.19. The van der Waals surface area contributed by atoms with E-state index >= 15 is 0 Å². The number of amides is 1. The minimum Gasteiger partial charge on any atom is -0.348 e. The molecule has 1 aliphatic rings. The van der Waals surface area contributed by atoms with Gasteiger partial charge < -0.3 is 11.1 Å². The molecule has 2 unspecified atom stereocenters. The van der Waals surface area contributed by atoms with Gasteiger partial charge >= 0.3 is 0 Å². The molecule has 3 nitrogen and oxygen atoms in total. The summed E-state index contributed by atoms with van der Waals surface area (Å²) in [6.45, 7) is 0. The molecule has 0 heterocycles. The molecule has 2 atom stereocenters. The van der Waals surface area contributed by atoms with Gasteiger partial charge in [0.2, 0.25) is 0 Å². The number of halogens is 1. The van der Waals surface area contributed by atoms with Gasteiger partial charge in [0, 0.05) is 17.6 Å². The highest BCUT2D eigenvalue weighted by molar-refractivity contribution is 5.94. The van der Waals surface area contributed by atoms with Crippen molar-refractivity contribution in [3.8, 4) is 0 Å². The minimum absolute atomic E-state index is 0.0353. The number of benzene rings is 1. The van der Waals surface area contributed by atoms with E-state index in [1.807, 2.05) is 0 Å². The summed E-state index contributed by atoms with van der Waals surface area (Å²) in [7, 11) is 0. The molecular weight excluding hydrogens is 219 g/mol. The summed E-state index contributed by atoms with van der Waals surface area (Å²) in [5.74, 6) is -0.511. The first kappa shape index (κ1) is 12.0. The second-order valence-corrected chi connectivity index (χ2v) is 4.54. The fourth-order valence-electron chi connectivity index (χ4n) is 2.19. The lowest BCUT2D eigenvalue weighted by Crippen LogP contribution is -2.49. The monoisotopic (exact) mass is 236 g/mol. The third-order valence-corrected chi connectivity index (χ3v) is 3.24. The molecule has 1 amide bonds. The lowest BCUT2D eigenvalue weighted by atomic mass is 9.91. The van der Waals surface area contributed by atoms with Gasteiger partial charge in [-0.3, -0.25) is 4.79 Å². The van der Waals surface area contributed by atoms with Gasteiger partial charge in [0.1, 0.15) is 5.82 Å². The Morgan fingerprint density at radius 3 is 2.53 bits per heavy atom. The summed E-state index contributed by atoms with van der Waals surface area (Å²) in [4.78, 5) is 11.9. The third kappa shape index (κ3) is 3.03. The summed E-state index contributed by atoms with van der Waals surface area (Å²) < 4.78 is 12.7. The zero-order valence-electron chi connectivity index (χ0n) is 9.66. The van der Waals surface area contributed by atoms with Crippen LogP contribution in [0.4, 0.5) is 4.39 Å². The summed E-state index contributed by atoms with van der Waals surface area (Å²) in [6.07, 6.45) is 4.11. The quantitative estimate of drug-likeness (QED) is 0.823. The number of hydrogen-bond donors (Lipinski definition) is 2. The van der Waals surface area contributed by atoms with Gasteiger partial charge in [0.25, 0.3) is 5.91 Å². The Hall–Kier alpha value is -1.42. The Balaban J connectivity index is 1.98. The molecule has 0 saturated heterocycles. The number of carbonyl (C=O) groups is 1. The largest absolute Gasteiger partial charge is 0.348 e. The number of nitrogens with one attached hydrogen (secondary N) is 1. The first-order valence-corrected chi connectivity index (χ1v) is 5.99. The molecule has 3 N–H and O–H groups in total. The van der Waals surface area contributed by atoms with Crippen LogP contribution in [0.15, 0.2) is 24.3 Å². The van der Waals surface area contributed by atoms with Crippen LogP contribution in [0.1, 0.15) is 36.0 Å². The predicted octanol–water partition coefficient (Wildman–Crippen LogP) is 1.83. The van der Waals surface area contributed by atoms with Crippen LogP contribution in [-0.4, -0.2) is 18.0 Å². The molecule has 92 valence electrons. The summed E-state index contributed by atoms with van der Waals surface area (Å²) in [5.41, 5.74) is 6.43. The van der Waals surface area contributed by atoms with Crippen molar-refractivity contribution in [2.75, 3.05) is 0 Å². The van der Waals surface area contributed by atoms with Crippen molar-refractivity contribution < 1.29 is 9.18 Å². The van der Waals surface area contributed by atoms with E-state index in [1.165, 1.54) is 24.3 Å². The van der Waals surface area contributed by atoms with E-state index in [0.29, 0.717) is 5.56 Å². The second-order valence-electron chi connectivity index (χ2n) is 4.54. The Kier molecular flexibility index (Phi) is 3.74. The average Bonchev–Trinajstić information content (AvgIpc) is 2.33. The molecule has 1 aliphatic carbocycles. The predicted molar refractivity (Wildman–Crippen MR) is 64.1 cm³/mol. The van der Waals surface area contributed by atoms with E-state index in [2.05, 4.69) is 5.32 Å². The highest BCUT2D eigenvalue weighted by atomic mass is 19.1. The van der Waals surface area contributed by atoms with Crippen LogP contribution in [0.5, 0.6) is 0 Å². The molecule has 17 heavy (non-hydrogen) atoms. The lowest BCUT2D eigenvalue weighted by Gasteiger charge is -2.29. The minimum atomic E-state index is -0.337. The fraction of sp³-hybridized carbons (Fsp3) is 0.462. The molecule has 2 rings (SSSR count). The molecule has 4 heteroatoms. The average molecular weight is 236 g/mol. The molecule has 1 aromatic carbocycles. The molecule has 1 aromatic rings. The molecule has 0 bridgehead atoms. The SMILES string of the molecule is NC1CCCCC1NC(=O)c1ccc(F)cc1. The Labute approximate surface area is 100 Å². The lowest BCUT2D eigenvalue weighted by molar-refractivity contribution is 0.0921. The summed E-state index contributed by atoms with van der Waals surface area (Å²) in [5, 5.41) is 2.92. The van der Waals surface area contributed by atoms with Gasteiger partial charge in [-0.2, -0.15) is 0 Å². The molecule has 1 fully saturated rings. The maximum atomic E-state index is 12.7. The normalized spacial score (nSPS) is 24.4. The standard InChI is InChI=1S/C13H17FN2O/c14-10-7-5-9(6-8-10)13(17)16-12-4-2-1-3-11(12)15/h5-8,11-12H,1-4,15H2,(H,16,17). The topological polar surface area (TPSA) is 55.1 Å². The maximum absolute atomic E-state index is 12.7. The van der Waals surface area contributed by atoms with Crippen molar-refractivity contribution in [1.29, 1.82) is 0 Å². The second kappa shape index (κ2) is 5.27. The Morgan fingerprint density at radius 1 is 1.24 bits per heavy atom. The highest BCUT2D eigenvalue weighted by Crippen LogP contribution is 2.17. The molecular formula is C13H17FN2O. The van der Waals surface area contributed by atoms with Crippen LogP contribution in [0.25, 0.3) is 0 Å². The number of carbonyl (C=O) groups excluding carboxylic acids is 1. The number of hydrogen-bond acceptors (Lipinski definition) is 2. The summed E-state index contributed by atoms with van der Waals surface area (Å²) in [6, 6.07) is 5.62. The van der Waals surface area contributed by atoms with Crippen LogP contribution in [0.2, 0.25) is 0 Å². The van der Waals surface area contributed by atoms with Gasteiger partial charge in [-0.15, -0.1) is 0 Å². The number of nitrogens with two attached hydrogens (primary N) is 1. The van der Waals surface area contributed by atoms with E-state index in [9.17, 15) is 9.18 Å². The smallest absolute Gasteiger partial charge is 0.251 e. The zero-order valence-corrected chi connectivity index (χ0v) is 9.66. The van der Waals surface area contributed by atoms with E-state index in [1.54, 1.807) is 0 Å². The van der Waals surface area contributed by atoms with Crippen molar-refractivity contribution in [3.05, 3.63) is 35.6 Å². The first-order valence-electron chi connectivity index (χ1n) is 5.99. The van der Waals surface area contributed by atoms with Gasteiger partial charge in [0.05, 0.1) is 0 Å². The van der Waals surface area contributed by atoms with Crippen LogP contribution in [0.3, 0.4) is 0 Å². The highest BCUT2D eigenvalue weighted by Gasteiger charge is 2.23. The summed E-state index contributed by atoms with van der Waals surface area (Å²) >= 11 is 0. The van der Waals surface area contributed by atoms with Gasteiger partial charge in [-0.05, 0) is 37.1 Å². The van der Waals surface area contributed by atoms with Gasteiger partial charge in [-0.1, -0.05) is 12.8 Å². The van der Waals surface area contributed by atoms with Crippen LogP contribution in [0, 0.1) is 5.82 Å². The first-order chi connectivity index (χ1) is 8.16. The van der Waals surface area contributed by atoms with Crippen molar-refractivity contribution >= 4 is 5.91 Å². The molecule has 0 aromatic heterocycles. The molecule has 0 radical (unpaired) electrons. The van der Waals surface area contributed by atoms with E-state index in [-0.39, 0.29) is 23.8 Å². The van der Waals surface area contributed by atoms with Crippen molar-refractivity contribution in [2.24, 2.45) is 5.73 Å². The van der Waals surface area contributed by atoms with E-state index in [4.69, 9.17) is 5.73 Å². The van der Waals surface area contributed by atoms with E-state index < -0.39 is 0 Å². The maximum Gasteiger partial charge on any atom is 0.251 e. The molecule has 1 saturated carbocycles. The van der Waals surface area contributed by atoms with Crippen LogP contribution < -0.4 is 11.1 Å².